The molecule has 0 saturated heterocycles. The fourth-order valence-electron chi connectivity index (χ4n) is 2.92. The third-order valence-corrected chi connectivity index (χ3v) is 8.08. The molecule has 1 aromatic heterocycles. The molecule has 1 N–H and O–H groups in total. The molecule has 0 bridgehead atoms. The summed E-state index contributed by atoms with van der Waals surface area (Å²) in [4.78, 5) is 13.0. The van der Waals surface area contributed by atoms with Crippen LogP contribution in [-0.2, 0) is 20.6 Å². The first-order valence-corrected chi connectivity index (χ1v) is 13.8. The molecule has 0 radical (unpaired) electrons. The third kappa shape index (κ3) is 6.35. The van der Waals surface area contributed by atoms with Crippen molar-refractivity contribution in [3.8, 4) is 0 Å². The Hall–Kier alpha value is -1.85. The lowest BCUT2D eigenvalue weighted by Crippen LogP contribution is -2.47. The number of carbonyl (C=O) groups excluding carboxylic acids is 1. The molecule has 0 aliphatic rings. The summed E-state index contributed by atoms with van der Waals surface area (Å²) in [6.07, 6.45) is 1.22. The Labute approximate surface area is 205 Å². The highest BCUT2D eigenvalue weighted by Crippen LogP contribution is 2.34. The summed E-state index contributed by atoms with van der Waals surface area (Å²) in [5.41, 5.74) is 1.28. The van der Waals surface area contributed by atoms with E-state index in [0.29, 0.717) is 9.36 Å². The van der Waals surface area contributed by atoms with Gasteiger partial charge in [0.15, 0.2) is 4.34 Å². The smallest absolute Gasteiger partial charge is 0.250 e. The quantitative estimate of drug-likeness (QED) is 0.297. The minimum absolute atomic E-state index is 0.139. The van der Waals surface area contributed by atoms with Gasteiger partial charge < -0.3 is 0 Å². The van der Waals surface area contributed by atoms with Crippen LogP contribution in [0.4, 0.5) is 10.8 Å². The van der Waals surface area contributed by atoms with Crippen molar-refractivity contribution in [3.63, 3.8) is 0 Å². The van der Waals surface area contributed by atoms with Gasteiger partial charge in [0.1, 0.15) is 6.04 Å². The van der Waals surface area contributed by atoms with E-state index in [0.717, 1.165) is 21.9 Å². The van der Waals surface area contributed by atoms with E-state index in [9.17, 15) is 13.2 Å². The lowest BCUT2D eigenvalue weighted by molar-refractivity contribution is -0.117. The zero-order chi connectivity index (χ0) is 23.3. The molecule has 0 aliphatic heterocycles. The highest BCUT2D eigenvalue weighted by atomic mass is 35.5. The van der Waals surface area contributed by atoms with Crippen molar-refractivity contribution in [2.75, 3.05) is 15.9 Å². The van der Waals surface area contributed by atoms with E-state index in [1.807, 2.05) is 30.3 Å². The molecule has 32 heavy (non-hydrogen) atoms. The second-order valence-electron chi connectivity index (χ2n) is 6.72. The monoisotopic (exact) mass is 530 g/mol. The number of nitrogens with zero attached hydrogens (tertiary/aromatic N) is 3. The average Bonchev–Trinajstić information content (AvgIpc) is 3.19. The molecule has 170 valence electrons. The van der Waals surface area contributed by atoms with Gasteiger partial charge in [0.25, 0.3) is 0 Å². The predicted molar refractivity (Wildman–Crippen MR) is 132 cm³/mol. The molecule has 2 aromatic carbocycles. The molecule has 0 saturated carbocycles. The normalized spacial score (nSPS) is 12.4. The molecule has 0 fully saturated rings. The number of thioether (sulfide) groups is 1. The lowest BCUT2D eigenvalue weighted by atomic mass is 10.2. The van der Waals surface area contributed by atoms with Crippen LogP contribution < -0.4 is 9.62 Å². The number of benzene rings is 2. The van der Waals surface area contributed by atoms with Gasteiger partial charge >= 0.3 is 0 Å². The van der Waals surface area contributed by atoms with Gasteiger partial charge in [0.2, 0.25) is 21.1 Å². The highest BCUT2D eigenvalue weighted by molar-refractivity contribution is 8.00. The zero-order valence-electron chi connectivity index (χ0n) is 17.2. The standard InChI is InChI=1S/C20H20Cl2N4O3S3/c1-3-16(26(32(2,28)29)17-11-14(21)9-10-15(17)22)18(27)23-19-24-25-20(31-19)30-12-13-7-5-4-6-8-13/h4-11,16H,3,12H2,1-2H3,(H,23,24,27)/t16-/m1/s1. The average molecular weight is 532 g/mol. The van der Waals surface area contributed by atoms with E-state index in [4.69, 9.17) is 23.2 Å². The van der Waals surface area contributed by atoms with Crippen molar-refractivity contribution in [3.05, 3.63) is 64.1 Å². The molecule has 1 amide bonds. The topological polar surface area (TPSA) is 92.3 Å². The summed E-state index contributed by atoms with van der Waals surface area (Å²) in [6.45, 7) is 1.71. The largest absolute Gasteiger partial charge is 0.299 e. The number of nitrogens with one attached hydrogen (secondary N) is 1. The lowest BCUT2D eigenvalue weighted by Gasteiger charge is -2.30. The highest BCUT2D eigenvalue weighted by Gasteiger charge is 2.33. The molecule has 0 spiro atoms. The Balaban J connectivity index is 1.77. The summed E-state index contributed by atoms with van der Waals surface area (Å²) < 4.78 is 26.9. The summed E-state index contributed by atoms with van der Waals surface area (Å²) in [5, 5.41) is 11.5. The van der Waals surface area contributed by atoms with Crippen molar-refractivity contribution in [1.82, 2.24) is 10.2 Å². The van der Waals surface area contributed by atoms with Crippen LogP contribution in [-0.4, -0.2) is 36.8 Å². The van der Waals surface area contributed by atoms with Gasteiger partial charge in [0, 0.05) is 10.8 Å². The second-order valence-corrected chi connectivity index (χ2v) is 11.6. The van der Waals surface area contributed by atoms with Crippen LogP contribution >= 0.6 is 46.3 Å². The van der Waals surface area contributed by atoms with Gasteiger partial charge in [-0.05, 0) is 30.2 Å². The molecule has 12 heteroatoms. The number of hydrogen-bond donors (Lipinski definition) is 1. The number of aromatic nitrogens is 2. The first-order valence-electron chi connectivity index (χ1n) is 9.44. The Kier molecular flexibility index (Phi) is 8.40. The Morgan fingerprint density at radius 1 is 1.19 bits per heavy atom. The minimum Gasteiger partial charge on any atom is -0.299 e. The molecule has 1 heterocycles. The fourth-order valence-corrected chi connectivity index (χ4v) is 6.27. The molecular weight excluding hydrogens is 511 g/mol. The van der Waals surface area contributed by atoms with Gasteiger partial charge in [-0.3, -0.25) is 14.4 Å². The van der Waals surface area contributed by atoms with Crippen molar-refractivity contribution in [2.45, 2.75) is 29.5 Å². The van der Waals surface area contributed by atoms with Crippen LogP contribution in [0.1, 0.15) is 18.9 Å². The van der Waals surface area contributed by atoms with E-state index < -0.39 is 22.0 Å². The summed E-state index contributed by atoms with van der Waals surface area (Å²) in [5.74, 6) is 0.181. The Morgan fingerprint density at radius 2 is 1.91 bits per heavy atom. The van der Waals surface area contributed by atoms with Crippen LogP contribution in [0.5, 0.6) is 0 Å². The van der Waals surface area contributed by atoms with Crippen LogP contribution in [0.15, 0.2) is 52.9 Å². The van der Waals surface area contributed by atoms with Crippen molar-refractivity contribution in [2.24, 2.45) is 0 Å². The number of sulfonamides is 1. The van der Waals surface area contributed by atoms with Crippen LogP contribution in [0, 0.1) is 0 Å². The zero-order valence-corrected chi connectivity index (χ0v) is 21.1. The molecule has 0 aliphatic carbocycles. The van der Waals surface area contributed by atoms with Crippen LogP contribution in [0.2, 0.25) is 10.0 Å². The van der Waals surface area contributed by atoms with Gasteiger partial charge in [-0.1, -0.05) is 83.6 Å². The summed E-state index contributed by atoms with van der Waals surface area (Å²) in [7, 11) is -3.85. The Bertz CT molecular complexity index is 1190. The number of anilines is 2. The van der Waals surface area contributed by atoms with Crippen molar-refractivity contribution >= 4 is 73.0 Å². The molecule has 3 rings (SSSR count). The second kappa shape index (κ2) is 10.8. The van der Waals surface area contributed by atoms with Gasteiger partial charge in [-0.15, -0.1) is 10.2 Å². The number of carbonyl (C=O) groups is 1. The number of halogens is 2. The molecule has 1 atom stereocenters. The van der Waals surface area contributed by atoms with Crippen molar-refractivity contribution in [1.29, 1.82) is 0 Å². The summed E-state index contributed by atoms with van der Waals surface area (Å²) in [6, 6.07) is 13.3. The molecule has 7 nitrogen and oxygen atoms in total. The van der Waals surface area contributed by atoms with Crippen LogP contribution in [0.3, 0.4) is 0 Å². The van der Waals surface area contributed by atoms with Crippen molar-refractivity contribution < 1.29 is 13.2 Å². The predicted octanol–water partition coefficient (Wildman–Crippen LogP) is 5.32. The van der Waals surface area contributed by atoms with Gasteiger partial charge in [-0.25, -0.2) is 8.42 Å². The van der Waals surface area contributed by atoms with Gasteiger partial charge in [-0.2, -0.15) is 0 Å². The summed E-state index contributed by atoms with van der Waals surface area (Å²) >= 11 is 15.0. The fraction of sp³-hybridized carbons (Fsp3) is 0.250. The van der Waals surface area contributed by atoms with Crippen LogP contribution in [0.25, 0.3) is 0 Å². The number of amides is 1. The van der Waals surface area contributed by atoms with E-state index in [2.05, 4.69) is 15.5 Å². The molecule has 3 aromatic rings. The minimum atomic E-state index is -3.85. The van der Waals surface area contributed by atoms with E-state index in [-0.39, 0.29) is 22.3 Å². The maximum absolute atomic E-state index is 13.0. The molecular formula is C20H20Cl2N4O3S3. The maximum Gasteiger partial charge on any atom is 0.250 e. The van der Waals surface area contributed by atoms with Gasteiger partial charge in [0.05, 0.1) is 17.0 Å². The van der Waals surface area contributed by atoms with E-state index >= 15 is 0 Å². The number of rotatable bonds is 9. The SMILES string of the molecule is CC[C@H](C(=O)Nc1nnc(SCc2ccccc2)s1)N(c1cc(Cl)ccc1Cl)S(C)(=O)=O. The maximum atomic E-state index is 13.0. The number of hydrogen-bond acceptors (Lipinski definition) is 7. The first-order chi connectivity index (χ1) is 15.2. The Morgan fingerprint density at radius 3 is 2.56 bits per heavy atom. The third-order valence-electron chi connectivity index (χ3n) is 4.32. The van der Waals surface area contributed by atoms with E-state index in [1.165, 1.54) is 35.2 Å². The molecule has 0 unspecified atom stereocenters. The first kappa shape index (κ1) is 24.8. The van der Waals surface area contributed by atoms with E-state index in [1.54, 1.807) is 13.0 Å².